The van der Waals surface area contributed by atoms with Crippen LogP contribution in [0.1, 0.15) is 46.0 Å². The fourth-order valence-corrected chi connectivity index (χ4v) is 4.93. The Morgan fingerprint density at radius 3 is 2.53 bits per heavy atom. The summed E-state index contributed by atoms with van der Waals surface area (Å²) in [5, 5.41) is 8.99. The molecule has 0 saturated carbocycles. The number of hydrogen-bond acceptors (Lipinski definition) is 5. The maximum Gasteiger partial charge on any atom is 0.435 e. The van der Waals surface area contributed by atoms with Gasteiger partial charge >= 0.3 is 6.18 Å². The molecule has 0 aliphatic carbocycles. The van der Waals surface area contributed by atoms with Crippen LogP contribution in [0.2, 0.25) is 0 Å². The highest BCUT2D eigenvalue weighted by atomic mass is 19.4. The van der Waals surface area contributed by atoms with Crippen LogP contribution in [-0.4, -0.2) is 49.0 Å². The number of aromatic nitrogens is 5. The molecular weight excluding hydrogens is 473 g/mol. The van der Waals surface area contributed by atoms with Gasteiger partial charge < -0.3 is 9.64 Å². The van der Waals surface area contributed by atoms with E-state index < -0.39 is 17.9 Å². The predicted octanol–water partition coefficient (Wildman–Crippen LogP) is 4.46. The van der Waals surface area contributed by atoms with E-state index in [1.165, 1.54) is 11.7 Å². The van der Waals surface area contributed by atoms with Crippen LogP contribution >= 0.6 is 0 Å². The SMILES string of the molecule is COc1cc(C(=O)N2CCc3c(nn(C)c3-c3cc(C(F)(F)F)nn3C)[C@@H]2C)c2ccc(C)nc2c1. The Hall–Kier alpha value is -3.89. The van der Waals surface area contributed by atoms with E-state index in [2.05, 4.69) is 15.2 Å². The van der Waals surface area contributed by atoms with E-state index in [0.29, 0.717) is 46.9 Å². The largest absolute Gasteiger partial charge is 0.497 e. The molecule has 36 heavy (non-hydrogen) atoms. The van der Waals surface area contributed by atoms with Gasteiger partial charge in [-0.2, -0.15) is 23.4 Å². The Kier molecular flexibility index (Phi) is 5.53. The normalized spacial score (nSPS) is 15.9. The van der Waals surface area contributed by atoms with Gasteiger partial charge in [0.05, 0.1) is 41.3 Å². The van der Waals surface area contributed by atoms with Crippen LogP contribution in [-0.2, 0) is 26.7 Å². The van der Waals surface area contributed by atoms with E-state index in [9.17, 15) is 18.0 Å². The molecule has 0 spiro atoms. The molecule has 4 heterocycles. The molecule has 1 aliphatic rings. The molecular formula is C25H25F3N6O2. The molecule has 188 valence electrons. The lowest BCUT2D eigenvalue weighted by Crippen LogP contribution is -2.39. The molecule has 5 rings (SSSR count). The summed E-state index contributed by atoms with van der Waals surface area (Å²) in [6.45, 7) is 4.14. The van der Waals surface area contributed by atoms with Gasteiger partial charge in [-0.15, -0.1) is 0 Å². The Morgan fingerprint density at radius 2 is 1.86 bits per heavy atom. The molecule has 0 unspecified atom stereocenters. The van der Waals surface area contributed by atoms with Crippen LogP contribution in [0.15, 0.2) is 30.3 Å². The van der Waals surface area contributed by atoms with Crippen molar-refractivity contribution in [2.75, 3.05) is 13.7 Å². The average molecular weight is 499 g/mol. The summed E-state index contributed by atoms with van der Waals surface area (Å²) in [4.78, 5) is 20.1. The second-order valence-electron chi connectivity index (χ2n) is 8.99. The maximum atomic E-state index is 13.8. The molecule has 0 radical (unpaired) electrons. The first kappa shape index (κ1) is 23.8. The lowest BCUT2D eigenvalue weighted by molar-refractivity contribution is -0.141. The van der Waals surface area contributed by atoms with Crippen LogP contribution in [0, 0.1) is 6.92 Å². The smallest absolute Gasteiger partial charge is 0.435 e. The van der Waals surface area contributed by atoms with Crippen LogP contribution in [0.4, 0.5) is 13.2 Å². The van der Waals surface area contributed by atoms with E-state index in [0.717, 1.165) is 22.7 Å². The average Bonchev–Trinajstić information content (AvgIpc) is 3.37. The fraction of sp³-hybridized carbons (Fsp3) is 0.360. The first-order valence-electron chi connectivity index (χ1n) is 11.4. The zero-order chi connectivity index (χ0) is 25.9. The molecule has 1 atom stereocenters. The molecule has 4 aromatic rings. The number of ether oxygens (including phenoxy) is 1. The molecule has 3 aromatic heterocycles. The maximum absolute atomic E-state index is 13.8. The summed E-state index contributed by atoms with van der Waals surface area (Å²) in [6, 6.07) is 7.89. The van der Waals surface area contributed by atoms with Crippen LogP contribution < -0.4 is 4.74 Å². The van der Waals surface area contributed by atoms with Crippen LogP contribution in [0.25, 0.3) is 22.3 Å². The highest BCUT2D eigenvalue weighted by Gasteiger charge is 2.38. The van der Waals surface area contributed by atoms with Gasteiger partial charge in [-0.3, -0.25) is 19.1 Å². The lowest BCUT2D eigenvalue weighted by Gasteiger charge is -2.33. The summed E-state index contributed by atoms with van der Waals surface area (Å²) in [7, 11) is 4.71. The van der Waals surface area contributed by atoms with Crippen molar-refractivity contribution in [2.45, 2.75) is 32.5 Å². The molecule has 0 saturated heterocycles. The Balaban J connectivity index is 1.54. The van der Waals surface area contributed by atoms with E-state index in [-0.39, 0.29) is 5.91 Å². The van der Waals surface area contributed by atoms with E-state index >= 15 is 0 Å². The van der Waals surface area contributed by atoms with Gasteiger partial charge in [0.15, 0.2) is 5.69 Å². The molecule has 0 N–H and O–H groups in total. The number of carbonyl (C=O) groups is 1. The number of pyridine rings is 1. The number of aryl methyl sites for hydroxylation is 3. The van der Waals surface area contributed by atoms with Gasteiger partial charge in [-0.1, -0.05) is 6.07 Å². The molecule has 1 aromatic carbocycles. The van der Waals surface area contributed by atoms with Gasteiger partial charge in [0, 0.05) is 43.4 Å². The number of halogens is 3. The monoisotopic (exact) mass is 498 g/mol. The number of alkyl halides is 3. The van der Waals surface area contributed by atoms with Crippen molar-refractivity contribution in [3.05, 3.63) is 58.5 Å². The number of carbonyl (C=O) groups excluding carboxylic acids is 1. The predicted molar refractivity (Wildman–Crippen MR) is 127 cm³/mol. The molecule has 1 amide bonds. The van der Waals surface area contributed by atoms with Crippen molar-refractivity contribution in [3.8, 4) is 17.1 Å². The fourth-order valence-electron chi connectivity index (χ4n) is 4.93. The Morgan fingerprint density at radius 1 is 1.11 bits per heavy atom. The lowest BCUT2D eigenvalue weighted by atomic mass is 9.95. The number of amides is 1. The molecule has 0 bridgehead atoms. The van der Waals surface area contributed by atoms with Crippen LogP contribution in [0.3, 0.4) is 0 Å². The highest BCUT2D eigenvalue weighted by molar-refractivity contribution is 6.07. The molecule has 11 heteroatoms. The summed E-state index contributed by atoms with van der Waals surface area (Å²) in [5.74, 6) is 0.348. The minimum atomic E-state index is -4.54. The van der Waals surface area contributed by atoms with Crippen molar-refractivity contribution in [2.24, 2.45) is 14.1 Å². The summed E-state index contributed by atoms with van der Waals surface area (Å²) in [6.07, 6.45) is -4.10. The third-order valence-corrected chi connectivity index (χ3v) is 6.70. The zero-order valence-electron chi connectivity index (χ0n) is 20.5. The van der Waals surface area contributed by atoms with Gasteiger partial charge in [0.2, 0.25) is 0 Å². The van der Waals surface area contributed by atoms with Crippen molar-refractivity contribution in [1.29, 1.82) is 0 Å². The van der Waals surface area contributed by atoms with Gasteiger partial charge in [-0.25, -0.2) is 0 Å². The number of methoxy groups -OCH3 is 1. The Bertz CT molecular complexity index is 1500. The zero-order valence-corrected chi connectivity index (χ0v) is 20.5. The number of benzene rings is 1. The number of fused-ring (bicyclic) bond motifs is 2. The molecule has 0 fully saturated rings. The van der Waals surface area contributed by atoms with Gasteiger partial charge in [-0.05, 0) is 38.5 Å². The topological polar surface area (TPSA) is 78.1 Å². The molecule has 1 aliphatic heterocycles. The van der Waals surface area contributed by atoms with Crippen molar-refractivity contribution >= 4 is 16.8 Å². The summed E-state index contributed by atoms with van der Waals surface area (Å²) < 4.78 is 48.0. The number of nitrogens with zero attached hydrogens (tertiary/aromatic N) is 6. The van der Waals surface area contributed by atoms with E-state index in [4.69, 9.17) is 4.74 Å². The highest BCUT2D eigenvalue weighted by Crippen LogP contribution is 2.38. The van der Waals surface area contributed by atoms with Crippen LogP contribution in [0.5, 0.6) is 5.75 Å². The summed E-state index contributed by atoms with van der Waals surface area (Å²) >= 11 is 0. The third-order valence-electron chi connectivity index (χ3n) is 6.70. The standard InChI is InChI=1S/C25H25F3N6O2/c1-13-6-7-16-18(10-15(36-5)11-19(16)29-13)24(35)34-9-8-17-22(14(34)2)31-33(4)23(17)20-12-21(25(26,27)28)30-32(20)3/h6-7,10-12,14H,8-9H2,1-5H3/t14-/m0/s1. The Labute approximate surface area is 205 Å². The minimum absolute atomic E-state index is 0.185. The number of rotatable bonds is 3. The first-order valence-corrected chi connectivity index (χ1v) is 11.4. The second kappa shape index (κ2) is 8.35. The summed E-state index contributed by atoms with van der Waals surface area (Å²) in [5.41, 5.74) is 3.39. The van der Waals surface area contributed by atoms with Gasteiger partial charge in [0.25, 0.3) is 5.91 Å². The van der Waals surface area contributed by atoms with Gasteiger partial charge in [0.1, 0.15) is 5.75 Å². The molecule has 8 nitrogen and oxygen atoms in total. The first-order chi connectivity index (χ1) is 17.0. The van der Waals surface area contributed by atoms with Crippen molar-refractivity contribution in [1.82, 2.24) is 29.4 Å². The van der Waals surface area contributed by atoms with Crippen molar-refractivity contribution in [3.63, 3.8) is 0 Å². The number of hydrogen-bond donors (Lipinski definition) is 0. The van der Waals surface area contributed by atoms with E-state index in [1.807, 2.05) is 26.0 Å². The second-order valence-corrected chi connectivity index (χ2v) is 8.99. The quantitative estimate of drug-likeness (QED) is 0.417. The van der Waals surface area contributed by atoms with E-state index in [1.54, 1.807) is 35.9 Å². The van der Waals surface area contributed by atoms with Crippen molar-refractivity contribution < 1.29 is 22.7 Å². The minimum Gasteiger partial charge on any atom is -0.497 e. The third kappa shape index (κ3) is 3.78.